The second-order valence-corrected chi connectivity index (χ2v) is 6.11. The molecule has 0 bridgehead atoms. The third-order valence-corrected chi connectivity index (χ3v) is 4.67. The third-order valence-electron chi connectivity index (χ3n) is 3.81. The van der Waals surface area contributed by atoms with Gasteiger partial charge in [0.15, 0.2) is 5.13 Å². The fraction of sp³-hybridized carbons (Fsp3) is 0.294. The Hall–Kier alpha value is -2.32. The summed E-state index contributed by atoms with van der Waals surface area (Å²) in [4.78, 5) is 20.5. The largest absolute Gasteiger partial charge is 0.346 e. The first-order chi connectivity index (χ1) is 10.7. The van der Waals surface area contributed by atoms with Gasteiger partial charge in [0.2, 0.25) is 0 Å². The number of carbonyl (C=O) groups excluding carboxylic acids is 1. The highest BCUT2D eigenvalue weighted by Gasteiger charge is 2.29. The molecule has 4 nitrogen and oxygen atoms in total. The first-order valence-electron chi connectivity index (χ1n) is 7.22. The number of hydrogen-bond acceptors (Lipinski definition) is 4. The summed E-state index contributed by atoms with van der Waals surface area (Å²) in [6, 6.07) is 9.90. The second-order valence-electron chi connectivity index (χ2n) is 5.24. The maximum atomic E-state index is 12.2. The van der Waals surface area contributed by atoms with Gasteiger partial charge in [-0.2, -0.15) is 0 Å². The Morgan fingerprint density at radius 1 is 1.41 bits per heavy atom. The van der Waals surface area contributed by atoms with Crippen LogP contribution in [0.3, 0.4) is 0 Å². The molecule has 3 rings (SSSR count). The summed E-state index contributed by atoms with van der Waals surface area (Å²) in [5, 5.41) is 2.96. The summed E-state index contributed by atoms with van der Waals surface area (Å²) in [7, 11) is 2.03. The molecule has 1 aliphatic rings. The van der Waals surface area contributed by atoms with Gasteiger partial charge in [-0.1, -0.05) is 24.1 Å². The maximum absolute atomic E-state index is 12.2. The zero-order valence-corrected chi connectivity index (χ0v) is 13.2. The van der Waals surface area contributed by atoms with Gasteiger partial charge in [0.25, 0.3) is 5.91 Å². The minimum absolute atomic E-state index is 0.0982. The number of nitrogens with zero attached hydrogens (tertiary/aromatic N) is 3. The van der Waals surface area contributed by atoms with E-state index in [-0.39, 0.29) is 5.91 Å². The smallest absolute Gasteiger partial charge is 0.298 e. The van der Waals surface area contributed by atoms with Crippen LogP contribution in [0.25, 0.3) is 0 Å². The van der Waals surface area contributed by atoms with E-state index in [4.69, 9.17) is 0 Å². The number of likely N-dealkylation sites (N-methyl/N-ethyl adjacent to an activating group) is 1. The maximum Gasteiger partial charge on any atom is 0.298 e. The van der Waals surface area contributed by atoms with Crippen LogP contribution in [0.1, 0.15) is 12.0 Å². The number of hydrogen-bond donors (Lipinski definition) is 0. The Bertz CT molecular complexity index is 688. The molecule has 112 valence electrons. The number of carbonyl (C=O) groups is 1. The fourth-order valence-corrected chi connectivity index (χ4v) is 3.20. The number of amides is 1. The summed E-state index contributed by atoms with van der Waals surface area (Å²) in [5.41, 5.74) is 0.867. The molecule has 1 amide bonds. The number of likely N-dealkylation sites (tertiary alicyclic amines) is 1. The lowest BCUT2D eigenvalue weighted by atomic mass is 10.2. The summed E-state index contributed by atoms with van der Waals surface area (Å²) in [6.07, 6.45) is 2.76. The molecular weight excluding hydrogens is 294 g/mol. The fourth-order valence-electron chi connectivity index (χ4n) is 2.51. The van der Waals surface area contributed by atoms with Gasteiger partial charge < -0.3 is 9.80 Å². The lowest BCUT2D eigenvalue weighted by Crippen LogP contribution is -2.36. The molecular formula is C17H17N3OS. The molecule has 0 saturated carbocycles. The van der Waals surface area contributed by atoms with Crippen molar-refractivity contribution in [1.29, 1.82) is 0 Å². The standard InChI is InChI=1S/C17H17N3OS/c1-19(17-18-10-12-22-17)15-9-11-20(13-15)16(21)8-7-14-5-3-2-4-6-14/h2-6,10,12,15H,9,11,13H2,1H3. The van der Waals surface area contributed by atoms with Gasteiger partial charge in [0.1, 0.15) is 0 Å². The Morgan fingerprint density at radius 3 is 2.95 bits per heavy atom. The third kappa shape index (κ3) is 3.29. The van der Waals surface area contributed by atoms with Crippen molar-refractivity contribution in [2.45, 2.75) is 12.5 Å². The van der Waals surface area contributed by atoms with E-state index in [0.717, 1.165) is 23.7 Å². The van der Waals surface area contributed by atoms with Crippen molar-refractivity contribution >= 4 is 22.4 Å². The van der Waals surface area contributed by atoms with E-state index in [1.807, 2.05) is 47.7 Å². The Kier molecular flexibility index (Phi) is 4.40. The quantitative estimate of drug-likeness (QED) is 0.798. The van der Waals surface area contributed by atoms with Crippen LogP contribution < -0.4 is 4.90 Å². The van der Waals surface area contributed by atoms with Gasteiger partial charge >= 0.3 is 0 Å². The van der Waals surface area contributed by atoms with E-state index in [1.54, 1.807) is 17.5 Å². The minimum Gasteiger partial charge on any atom is -0.346 e. The number of benzene rings is 1. The molecule has 1 fully saturated rings. The molecule has 5 heteroatoms. The van der Waals surface area contributed by atoms with E-state index < -0.39 is 0 Å². The Morgan fingerprint density at radius 2 is 2.23 bits per heavy atom. The van der Waals surface area contributed by atoms with Crippen molar-refractivity contribution in [3.8, 4) is 11.8 Å². The normalized spacial score (nSPS) is 17.0. The molecule has 1 atom stereocenters. The van der Waals surface area contributed by atoms with Crippen LogP contribution >= 0.6 is 11.3 Å². The molecule has 1 aromatic carbocycles. The first-order valence-corrected chi connectivity index (χ1v) is 8.10. The average Bonchev–Trinajstić information content (AvgIpc) is 3.24. The summed E-state index contributed by atoms with van der Waals surface area (Å²) in [5.74, 6) is 5.57. The average molecular weight is 311 g/mol. The van der Waals surface area contributed by atoms with E-state index >= 15 is 0 Å². The molecule has 22 heavy (non-hydrogen) atoms. The van der Waals surface area contributed by atoms with Crippen molar-refractivity contribution in [2.24, 2.45) is 0 Å². The zero-order chi connectivity index (χ0) is 15.4. The van der Waals surface area contributed by atoms with Crippen LogP contribution in [0.2, 0.25) is 0 Å². The SMILES string of the molecule is CN(c1nccs1)C1CCN(C(=O)C#Cc2ccccc2)C1. The van der Waals surface area contributed by atoms with Gasteiger partial charge in [0, 0.05) is 43.2 Å². The lowest BCUT2D eigenvalue weighted by molar-refractivity contribution is -0.124. The highest BCUT2D eigenvalue weighted by Crippen LogP contribution is 2.23. The molecule has 1 unspecified atom stereocenters. The van der Waals surface area contributed by atoms with Gasteiger partial charge in [-0.3, -0.25) is 4.79 Å². The van der Waals surface area contributed by atoms with Crippen molar-refractivity contribution in [3.05, 3.63) is 47.5 Å². The highest BCUT2D eigenvalue weighted by molar-refractivity contribution is 7.13. The summed E-state index contributed by atoms with van der Waals surface area (Å²) < 4.78 is 0. The molecule has 0 aliphatic carbocycles. The highest BCUT2D eigenvalue weighted by atomic mass is 32.1. The van der Waals surface area contributed by atoms with Crippen LogP contribution in [0.4, 0.5) is 5.13 Å². The Labute approximate surface area is 134 Å². The first kappa shape index (κ1) is 14.6. The molecule has 1 aliphatic heterocycles. The predicted molar refractivity (Wildman–Crippen MR) is 88.8 cm³/mol. The zero-order valence-electron chi connectivity index (χ0n) is 12.4. The second kappa shape index (κ2) is 6.63. The van der Waals surface area contributed by atoms with E-state index in [9.17, 15) is 4.79 Å². The molecule has 0 N–H and O–H groups in total. The van der Waals surface area contributed by atoms with E-state index in [0.29, 0.717) is 12.6 Å². The number of anilines is 1. The van der Waals surface area contributed by atoms with Crippen LogP contribution in [0, 0.1) is 11.8 Å². The topological polar surface area (TPSA) is 36.4 Å². The molecule has 2 aromatic rings. The number of thiazole rings is 1. The van der Waals surface area contributed by atoms with Gasteiger partial charge in [-0.15, -0.1) is 11.3 Å². The van der Waals surface area contributed by atoms with Gasteiger partial charge in [-0.05, 0) is 18.6 Å². The van der Waals surface area contributed by atoms with Crippen LogP contribution in [0.5, 0.6) is 0 Å². The monoisotopic (exact) mass is 311 g/mol. The molecule has 0 radical (unpaired) electrons. The van der Waals surface area contributed by atoms with Gasteiger partial charge in [0.05, 0.1) is 6.04 Å². The van der Waals surface area contributed by atoms with Crippen molar-refractivity contribution in [1.82, 2.24) is 9.88 Å². The summed E-state index contributed by atoms with van der Waals surface area (Å²) in [6.45, 7) is 1.46. The van der Waals surface area contributed by atoms with E-state index in [1.165, 1.54) is 0 Å². The molecule has 2 heterocycles. The van der Waals surface area contributed by atoms with Gasteiger partial charge in [-0.25, -0.2) is 4.98 Å². The minimum atomic E-state index is -0.0982. The summed E-state index contributed by atoms with van der Waals surface area (Å²) >= 11 is 1.62. The van der Waals surface area contributed by atoms with Crippen LogP contribution in [-0.2, 0) is 4.79 Å². The van der Waals surface area contributed by atoms with Crippen LogP contribution in [-0.4, -0.2) is 42.0 Å². The van der Waals surface area contributed by atoms with Crippen molar-refractivity contribution in [3.63, 3.8) is 0 Å². The van der Waals surface area contributed by atoms with Crippen LogP contribution in [0.15, 0.2) is 41.9 Å². The van der Waals surface area contributed by atoms with Crippen molar-refractivity contribution < 1.29 is 4.79 Å². The molecule has 1 aromatic heterocycles. The Balaban J connectivity index is 1.61. The number of rotatable bonds is 2. The van der Waals surface area contributed by atoms with E-state index in [2.05, 4.69) is 21.7 Å². The van der Waals surface area contributed by atoms with Crippen molar-refractivity contribution in [2.75, 3.05) is 25.0 Å². The lowest BCUT2D eigenvalue weighted by Gasteiger charge is -2.23. The molecule has 0 spiro atoms. The number of aromatic nitrogens is 1. The predicted octanol–water partition coefficient (Wildman–Crippen LogP) is 2.23. The molecule has 1 saturated heterocycles.